The highest BCUT2D eigenvalue weighted by Gasteiger charge is 2.42. The summed E-state index contributed by atoms with van der Waals surface area (Å²) in [6.07, 6.45) is -1.20. The molecule has 0 unspecified atom stereocenters. The van der Waals surface area contributed by atoms with Gasteiger partial charge in [-0.25, -0.2) is 0 Å². The van der Waals surface area contributed by atoms with Crippen LogP contribution in [0.1, 0.15) is 43.7 Å². The zero-order valence-corrected chi connectivity index (χ0v) is 11.9. The van der Waals surface area contributed by atoms with E-state index in [4.69, 9.17) is 5.73 Å². The maximum atomic E-state index is 12.8. The summed E-state index contributed by atoms with van der Waals surface area (Å²) in [4.78, 5) is 12.3. The van der Waals surface area contributed by atoms with Crippen LogP contribution in [-0.4, -0.2) is 5.91 Å². The van der Waals surface area contributed by atoms with Gasteiger partial charge in [0, 0.05) is 17.6 Å². The van der Waals surface area contributed by atoms with Crippen molar-refractivity contribution in [1.29, 1.82) is 0 Å². The minimum Gasteiger partial charge on any atom is -0.326 e. The number of nitrogens with one attached hydrogen (secondary N) is 1. The van der Waals surface area contributed by atoms with Crippen LogP contribution in [0.25, 0.3) is 0 Å². The van der Waals surface area contributed by atoms with E-state index in [0.717, 1.165) is 31.4 Å². The molecule has 3 nitrogen and oxygen atoms in total. The number of hydrogen-bond acceptors (Lipinski definition) is 2. The fourth-order valence-corrected chi connectivity index (χ4v) is 2.65. The monoisotopic (exact) mass is 300 g/mol. The van der Waals surface area contributed by atoms with Crippen molar-refractivity contribution in [2.75, 3.05) is 5.32 Å². The SMILES string of the molecule is CCC1(C(=O)Nc2cc(CN)cc(C(F)(F)F)c2)CCC1. The van der Waals surface area contributed by atoms with E-state index in [1.165, 1.54) is 6.07 Å². The number of halogens is 3. The Bertz CT molecular complexity index is 531. The summed E-state index contributed by atoms with van der Waals surface area (Å²) in [7, 11) is 0. The Morgan fingerprint density at radius 2 is 2.00 bits per heavy atom. The van der Waals surface area contributed by atoms with Crippen molar-refractivity contribution < 1.29 is 18.0 Å². The molecule has 1 amide bonds. The lowest BCUT2D eigenvalue weighted by Gasteiger charge is -2.39. The smallest absolute Gasteiger partial charge is 0.326 e. The van der Waals surface area contributed by atoms with E-state index in [9.17, 15) is 18.0 Å². The van der Waals surface area contributed by atoms with Crippen LogP contribution in [0.3, 0.4) is 0 Å². The number of rotatable bonds is 4. The molecule has 0 spiro atoms. The lowest BCUT2D eigenvalue weighted by Crippen LogP contribution is -2.41. The predicted molar refractivity (Wildman–Crippen MR) is 74.5 cm³/mol. The van der Waals surface area contributed by atoms with Crippen LogP contribution in [0.15, 0.2) is 18.2 Å². The number of carbonyl (C=O) groups excluding carboxylic acids is 1. The molecule has 0 saturated heterocycles. The first-order valence-electron chi connectivity index (χ1n) is 7.03. The Morgan fingerprint density at radius 1 is 1.33 bits per heavy atom. The average Bonchev–Trinajstić information content (AvgIpc) is 2.36. The predicted octanol–water partition coefficient (Wildman–Crippen LogP) is 3.68. The zero-order chi connectivity index (χ0) is 15.7. The first-order valence-corrected chi connectivity index (χ1v) is 7.03. The van der Waals surface area contributed by atoms with E-state index in [-0.39, 0.29) is 18.1 Å². The van der Waals surface area contributed by atoms with Crippen molar-refractivity contribution in [3.8, 4) is 0 Å². The highest BCUT2D eigenvalue weighted by atomic mass is 19.4. The Morgan fingerprint density at radius 3 is 2.43 bits per heavy atom. The van der Waals surface area contributed by atoms with E-state index >= 15 is 0 Å². The lowest BCUT2D eigenvalue weighted by atomic mass is 9.66. The van der Waals surface area contributed by atoms with Gasteiger partial charge in [0.2, 0.25) is 5.91 Å². The second kappa shape index (κ2) is 5.67. The van der Waals surface area contributed by atoms with Crippen molar-refractivity contribution in [3.05, 3.63) is 29.3 Å². The molecule has 0 aliphatic heterocycles. The summed E-state index contributed by atoms with van der Waals surface area (Å²) in [6, 6.07) is 3.46. The van der Waals surface area contributed by atoms with E-state index in [0.29, 0.717) is 12.0 Å². The van der Waals surface area contributed by atoms with Gasteiger partial charge in [0.05, 0.1) is 5.56 Å². The number of benzene rings is 1. The van der Waals surface area contributed by atoms with Gasteiger partial charge < -0.3 is 11.1 Å². The number of carbonyl (C=O) groups is 1. The molecule has 3 N–H and O–H groups in total. The molecule has 1 fully saturated rings. The second-order valence-corrected chi connectivity index (χ2v) is 5.56. The number of amides is 1. The summed E-state index contributed by atoms with van der Waals surface area (Å²) in [6.45, 7) is 1.92. The maximum Gasteiger partial charge on any atom is 0.416 e. The zero-order valence-electron chi connectivity index (χ0n) is 11.9. The molecular weight excluding hydrogens is 281 g/mol. The number of hydrogen-bond donors (Lipinski definition) is 2. The molecule has 0 heterocycles. The lowest BCUT2D eigenvalue weighted by molar-refractivity contribution is -0.137. The first-order chi connectivity index (χ1) is 9.80. The van der Waals surface area contributed by atoms with Crippen molar-refractivity contribution in [1.82, 2.24) is 0 Å². The van der Waals surface area contributed by atoms with E-state index < -0.39 is 17.2 Å². The third kappa shape index (κ3) is 3.20. The minimum atomic E-state index is -4.45. The molecule has 1 aliphatic rings. The van der Waals surface area contributed by atoms with Gasteiger partial charge in [-0.15, -0.1) is 0 Å². The Labute approximate surface area is 121 Å². The van der Waals surface area contributed by atoms with Gasteiger partial charge >= 0.3 is 6.18 Å². The van der Waals surface area contributed by atoms with Gasteiger partial charge in [-0.3, -0.25) is 4.79 Å². The molecule has 116 valence electrons. The number of anilines is 1. The standard InChI is InChI=1S/C15H19F3N2O/c1-2-14(4-3-5-14)13(21)20-12-7-10(9-19)6-11(8-12)15(16,17)18/h6-8H,2-5,9,19H2,1H3,(H,20,21). The average molecular weight is 300 g/mol. The highest BCUT2D eigenvalue weighted by Crippen LogP contribution is 2.44. The molecule has 1 aromatic rings. The Balaban J connectivity index is 2.25. The number of nitrogens with two attached hydrogens (primary N) is 1. The minimum absolute atomic E-state index is 0.00822. The van der Waals surface area contributed by atoms with Crippen LogP contribution < -0.4 is 11.1 Å². The van der Waals surface area contributed by atoms with Crippen LogP contribution in [0.2, 0.25) is 0 Å². The molecule has 0 bridgehead atoms. The van der Waals surface area contributed by atoms with Crippen LogP contribution in [0.5, 0.6) is 0 Å². The van der Waals surface area contributed by atoms with Gasteiger partial charge in [0.25, 0.3) is 0 Å². The topological polar surface area (TPSA) is 55.1 Å². The van der Waals surface area contributed by atoms with Gasteiger partial charge in [0.1, 0.15) is 0 Å². The third-order valence-electron chi connectivity index (χ3n) is 4.28. The normalized spacial score (nSPS) is 17.2. The van der Waals surface area contributed by atoms with Crippen LogP contribution in [0.4, 0.5) is 18.9 Å². The Hall–Kier alpha value is -1.56. The summed E-state index contributed by atoms with van der Waals surface area (Å²) in [5.41, 5.74) is 4.73. The molecular formula is C15H19F3N2O. The largest absolute Gasteiger partial charge is 0.416 e. The van der Waals surface area contributed by atoms with Gasteiger partial charge in [-0.2, -0.15) is 13.2 Å². The third-order valence-corrected chi connectivity index (χ3v) is 4.28. The maximum absolute atomic E-state index is 12.8. The van der Waals surface area contributed by atoms with Gasteiger partial charge in [-0.1, -0.05) is 13.3 Å². The quantitative estimate of drug-likeness (QED) is 0.891. The van der Waals surface area contributed by atoms with Gasteiger partial charge in [-0.05, 0) is 43.0 Å². The molecule has 0 radical (unpaired) electrons. The molecule has 1 aromatic carbocycles. The van der Waals surface area contributed by atoms with Crippen LogP contribution in [0, 0.1) is 5.41 Å². The van der Waals surface area contributed by atoms with E-state index in [1.807, 2.05) is 6.92 Å². The highest BCUT2D eigenvalue weighted by molar-refractivity contribution is 5.96. The van der Waals surface area contributed by atoms with Crippen molar-refractivity contribution in [2.24, 2.45) is 11.1 Å². The second-order valence-electron chi connectivity index (χ2n) is 5.56. The molecule has 21 heavy (non-hydrogen) atoms. The number of alkyl halides is 3. The summed E-state index contributed by atoms with van der Waals surface area (Å²) < 4.78 is 38.5. The van der Waals surface area contributed by atoms with Gasteiger partial charge in [0.15, 0.2) is 0 Å². The van der Waals surface area contributed by atoms with Crippen LogP contribution in [-0.2, 0) is 17.5 Å². The molecule has 1 aliphatic carbocycles. The van der Waals surface area contributed by atoms with Crippen molar-refractivity contribution >= 4 is 11.6 Å². The molecule has 6 heteroatoms. The van der Waals surface area contributed by atoms with Crippen LogP contribution >= 0.6 is 0 Å². The summed E-state index contributed by atoms with van der Waals surface area (Å²) in [5.74, 6) is -0.196. The molecule has 1 saturated carbocycles. The van der Waals surface area contributed by atoms with Crippen molar-refractivity contribution in [2.45, 2.75) is 45.3 Å². The van der Waals surface area contributed by atoms with Crippen molar-refractivity contribution in [3.63, 3.8) is 0 Å². The Kier molecular flexibility index (Phi) is 4.27. The first kappa shape index (κ1) is 15.8. The molecule has 2 rings (SSSR count). The fourth-order valence-electron chi connectivity index (χ4n) is 2.65. The fraction of sp³-hybridized carbons (Fsp3) is 0.533. The molecule has 0 atom stereocenters. The van der Waals surface area contributed by atoms with E-state index in [2.05, 4.69) is 5.32 Å². The van der Waals surface area contributed by atoms with E-state index in [1.54, 1.807) is 0 Å². The summed E-state index contributed by atoms with van der Waals surface area (Å²) in [5, 5.41) is 2.63. The summed E-state index contributed by atoms with van der Waals surface area (Å²) >= 11 is 0. The molecule has 0 aromatic heterocycles.